The van der Waals surface area contributed by atoms with E-state index in [0.29, 0.717) is 11.8 Å². The average molecular weight is 261 g/mol. The Bertz CT molecular complexity index is 373. The second kappa shape index (κ2) is 6.24. The van der Waals surface area contributed by atoms with E-state index in [4.69, 9.17) is 4.99 Å². The molecule has 1 heteroatoms. The third-order valence-corrected chi connectivity index (χ3v) is 5.21. The second-order valence-electron chi connectivity index (χ2n) is 7.23. The zero-order valence-corrected chi connectivity index (χ0v) is 13.5. The molecular weight excluding hydrogens is 230 g/mol. The van der Waals surface area contributed by atoms with E-state index in [1.165, 1.54) is 37.8 Å². The Kier molecular flexibility index (Phi) is 4.86. The Morgan fingerprint density at radius 2 is 1.79 bits per heavy atom. The van der Waals surface area contributed by atoms with Crippen LogP contribution in [0.25, 0.3) is 0 Å². The van der Waals surface area contributed by atoms with Crippen molar-refractivity contribution in [3.8, 4) is 0 Å². The number of allylic oxidation sites excluding steroid dienone is 1. The van der Waals surface area contributed by atoms with Gasteiger partial charge in [0.15, 0.2) is 0 Å². The Morgan fingerprint density at radius 3 is 2.42 bits per heavy atom. The maximum absolute atomic E-state index is 4.90. The highest BCUT2D eigenvalue weighted by molar-refractivity contribution is 5.92. The van der Waals surface area contributed by atoms with Crippen LogP contribution >= 0.6 is 0 Å². The van der Waals surface area contributed by atoms with Crippen LogP contribution in [0, 0.1) is 23.7 Å². The van der Waals surface area contributed by atoms with Gasteiger partial charge in [0.25, 0.3) is 0 Å². The van der Waals surface area contributed by atoms with Gasteiger partial charge in [0, 0.05) is 11.6 Å². The SMILES string of the molecule is CC1=C2CCCC(C(C)C)CCC2C(C(C)C)=NC1. The van der Waals surface area contributed by atoms with Gasteiger partial charge in [-0.1, -0.05) is 38.8 Å². The summed E-state index contributed by atoms with van der Waals surface area (Å²) in [5.74, 6) is 3.06. The predicted molar refractivity (Wildman–Crippen MR) is 84.7 cm³/mol. The van der Waals surface area contributed by atoms with Crippen LogP contribution in [0.5, 0.6) is 0 Å². The largest absolute Gasteiger partial charge is 0.289 e. The minimum atomic E-state index is 0.616. The molecule has 2 rings (SSSR count). The fourth-order valence-electron chi connectivity index (χ4n) is 3.94. The van der Waals surface area contributed by atoms with E-state index in [9.17, 15) is 0 Å². The summed E-state index contributed by atoms with van der Waals surface area (Å²) in [7, 11) is 0. The van der Waals surface area contributed by atoms with Crippen molar-refractivity contribution in [2.45, 2.75) is 66.7 Å². The van der Waals surface area contributed by atoms with Gasteiger partial charge in [-0.2, -0.15) is 0 Å². The molecule has 0 aromatic carbocycles. The van der Waals surface area contributed by atoms with E-state index >= 15 is 0 Å². The van der Waals surface area contributed by atoms with E-state index in [1.54, 1.807) is 11.1 Å². The number of aliphatic imine (C=N–C) groups is 1. The summed E-state index contributed by atoms with van der Waals surface area (Å²) in [5.41, 5.74) is 4.81. The van der Waals surface area contributed by atoms with Gasteiger partial charge in [0.05, 0.1) is 6.54 Å². The summed E-state index contributed by atoms with van der Waals surface area (Å²) in [6, 6.07) is 0. The van der Waals surface area contributed by atoms with Crippen molar-refractivity contribution in [2.24, 2.45) is 28.7 Å². The highest BCUT2D eigenvalue weighted by Crippen LogP contribution is 2.38. The topological polar surface area (TPSA) is 12.4 Å². The highest BCUT2D eigenvalue weighted by Gasteiger charge is 2.30. The van der Waals surface area contributed by atoms with Crippen molar-refractivity contribution in [2.75, 3.05) is 6.54 Å². The number of hydrogen-bond donors (Lipinski definition) is 0. The van der Waals surface area contributed by atoms with Gasteiger partial charge in [-0.05, 0) is 56.8 Å². The third kappa shape index (κ3) is 3.30. The van der Waals surface area contributed by atoms with Crippen LogP contribution in [0.1, 0.15) is 66.7 Å². The van der Waals surface area contributed by atoms with Crippen LogP contribution in [0.3, 0.4) is 0 Å². The molecule has 1 nitrogen and oxygen atoms in total. The first-order chi connectivity index (χ1) is 9.00. The van der Waals surface area contributed by atoms with Gasteiger partial charge in [-0.3, -0.25) is 4.99 Å². The van der Waals surface area contributed by atoms with Gasteiger partial charge in [-0.25, -0.2) is 0 Å². The molecule has 108 valence electrons. The first-order valence-corrected chi connectivity index (χ1v) is 8.23. The van der Waals surface area contributed by atoms with Crippen molar-refractivity contribution < 1.29 is 0 Å². The molecule has 1 saturated carbocycles. The molecule has 19 heavy (non-hydrogen) atoms. The minimum absolute atomic E-state index is 0.616. The lowest BCUT2D eigenvalue weighted by Gasteiger charge is -2.34. The number of nitrogens with zero attached hydrogens (tertiary/aromatic N) is 1. The Hall–Kier alpha value is -0.590. The summed E-state index contributed by atoms with van der Waals surface area (Å²) >= 11 is 0. The Morgan fingerprint density at radius 1 is 1.05 bits per heavy atom. The summed E-state index contributed by atoms with van der Waals surface area (Å²) in [4.78, 5) is 4.90. The van der Waals surface area contributed by atoms with Gasteiger partial charge in [0.2, 0.25) is 0 Å². The molecule has 1 fully saturated rings. The monoisotopic (exact) mass is 261 g/mol. The molecule has 1 heterocycles. The van der Waals surface area contributed by atoms with E-state index in [-0.39, 0.29) is 0 Å². The van der Waals surface area contributed by atoms with Crippen LogP contribution in [0.2, 0.25) is 0 Å². The molecule has 1 aliphatic heterocycles. The number of dihydropyridines is 1. The lowest BCUT2D eigenvalue weighted by molar-refractivity contribution is 0.300. The molecule has 2 atom stereocenters. The molecule has 2 aliphatic rings. The molecule has 0 aromatic rings. The van der Waals surface area contributed by atoms with Gasteiger partial charge >= 0.3 is 0 Å². The lowest BCUT2D eigenvalue weighted by atomic mass is 9.73. The van der Waals surface area contributed by atoms with E-state index in [1.807, 2.05) is 0 Å². The van der Waals surface area contributed by atoms with Crippen LogP contribution in [0.15, 0.2) is 16.1 Å². The van der Waals surface area contributed by atoms with Crippen molar-refractivity contribution in [3.63, 3.8) is 0 Å². The Labute approximate surface area is 119 Å². The number of rotatable bonds is 2. The highest BCUT2D eigenvalue weighted by atomic mass is 14.8. The van der Waals surface area contributed by atoms with Crippen molar-refractivity contribution >= 4 is 5.71 Å². The molecular formula is C18H31N. The lowest BCUT2D eigenvalue weighted by Crippen LogP contribution is -2.29. The van der Waals surface area contributed by atoms with Crippen LogP contribution in [-0.4, -0.2) is 12.3 Å². The third-order valence-electron chi connectivity index (χ3n) is 5.21. The zero-order valence-electron chi connectivity index (χ0n) is 13.5. The average Bonchev–Trinajstić information content (AvgIpc) is 2.30. The summed E-state index contributed by atoms with van der Waals surface area (Å²) in [6.45, 7) is 12.7. The van der Waals surface area contributed by atoms with Gasteiger partial charge < -0.3 is 0 Å². The molecule has 0 N–H and O–H groups in total. The molecule has 2 unspecified atom stereocenters. The first kappa shape index (κ1) is 14.8. The molecule has 0 spiro atoms. The quantitative estimate of drug-likeness (QED) is 0.601. The molecule has 0 aromatic heterocycles. The van der Waals surface area contributed by atoms with Crippen LogP contribution in [0.4, 0.5) is 0 Å². The van der Waals surface area contributed by atoms with Crippen LogP contribution in [-0.2, 0) is 0 Å². The predicted octanol–water partition coefficient (Wildman–Crippen LogP) is 5.27. The number of hydrogen-bond acceptors (Lipinski definition) is 1. The van der Waals surface area contributed by atoms with Crippen molar-refractivity contribution in [3.05, 3.63) is 11.1 Å². The zero-order chi connectivity index (χ0) is 14.0. The van der Waals surface area contributed by atoms with Gasteiger partial charge in [0.1, 0.15) is 0 Å². The summed E-state index contributed by atoms with van der Waals surface area (Å²) in [6.07, 6.45) is 6.87. The Balaban J connectivity index is 2.18. The molecule has 0 amide bonds. The van der Waals surface area contributed by atoms with Crippen LogP contribution < -0.4 is 0 Å². The van der Waals surface area contributed by atoms with E-state index < -0.39 is 0 Å². The van der Waals surface area contributed by atoms with Gasteiger partial charge in [-0.15, -0.1) is 0 Å². The van der Waals surface area contributed by atoms with Crippen molar-refractivity contribution in [1.82, 2.24) is 0 Å². The molecule has 0 radical (unpaired) electrons. The minimum Gasteiger partial charge on any atom is -0.289 e. The molecule has 1 aliphatic carbocycles. The molecule has 0 saturated heterocycles. The van der Waals surface area contributed by atoms with E-state index in [2.05, 4.69) is 34.6 Å². The fourth-order valence-corrected chi connectivity index (χ4v) is 3.94. The molecule has 0 bridgehead atoms. The number of fused-ring (bicyclic) bond motifs is 1. The second-order valence-corrected chi connectivity index (χ2v) is 7.23. The maximum atomic E-state index is 4.90. The normalized spacial score (nSPS) is 29.1. The maximum Gasteiger partial charge on any atom is 0.0599 e. The first-order valence-electron chi connectivity index (χ1n) is 8.23. The summed E-state index contributed by atoms with van der Waals surface area (Å²) < 4.78 is 0. The smallest absolute Gasteiger partial charge is 0.0599 e. The summed E-state index contributed by atoms with van der Waals surface area (Å²) in [5, 5.41) is 0. The van der Waals surface area contributed by atoms with Crippen molar-refractivity contribution in [1.29, 1.82) is 0 Å². The standard InChI is InChI=1S/C18H31N/c1-12(2)15-7-6-8-16-14(5)11-19-18(13(3)4)17(16)10-9-15/h12-13,15,17H,6-11H2,1-5H3. The fraction of sp³-hybridized carbons (Fsp3) is 0.833. The van der Waals surface area contributed by atoms with E-state index in [0.717, 1.165) is 18.4 Å².